The fraction of sp³-hybridized carbons (Fsp3) is 0.692. The molecule has 94 valence electrons. The Morgan fingerprint density at radius 2 is 2.00 bits per heavy atom. The summed E-state index contributed by atoms with van der Waals surface area (Å²) >= 11 is 0. The van der Waals surface area contributed by atoms with E-state index in [4.69, 9.17) is 0 Å². The summed E-state index contributed by atoms with van der Waals surface area (Å²) in [5.41, 5.74) is -0.620. The lowest BCUT2D eigenvalue weighted by molar-refractivity contribution is -0.152. The van der Waals surface area contributed by atoms with Gasteiger partial charge >= 0.3 is 0 Å². The number of amides is 2. The summed E-state index contributed by atoms with van der Waals surface area (Å²) in [6, 6.07) is -0.0765. The average Bonchev–Trinajstić information content (AvgIpc) is 2.34. The predicted molar refractivity (Wildman–Crippen MR) is 65.3 cm³/mol. The Balaban J connectivity index is 2.24. The highest BCUT2D eigenvalue weighted by molar-refractivity contribution is 5.98. The van der Waals surface area contributed by atoms with E-state index in [1.165, 1.54) is 0 Å². The number of nitrogens with one attached hydrogen (secondary N) is 1. The number of carbonyl (C=O) groups excluding carboxylic acids is 2. The van der Waals surface area contributed by atoms with Crippen molar-refractivity contribution in [2.75, 3.05) is 6.54 Å². The molecule has 4 heteroatoms. The summed E-state index contributed by atoms with van der Waals surface area (Å²) in [6.07, 6.45) is 6.45. The highest BCUT2D eigenvalue weighted by Gasteiger charge is 2.47. The van der Waals surface area contributed by atoms with Gasteiger partial charge in [0, 0.05) is 6.04 Å². The van der Waals surface area contributed by atoms with Gasteiger partial charge in [0.25, 0.3) is 0 Å². The van der Waals surface area contributed by atoms with Gasteiger partial charge in [-0.15, -0.1) is 6.58 Å². The van der Waals surface area contributed by atoms with Crippen molar-refractivity contribution in [3.8, 4) is 0 Å². The minimum absolute atomic E-state index is 0.0415. The summed E-state index contributed by atoms with van der Waals surface area (Å²) < 4.78 is 0. The van der Waals surface area contributed by atoms with Crippen LogP contribution in [-0.2, 0) is 9.59 Å². The molecule has 0 aromatic carbocycles. The molecule has 1 heterocycles. The van der Waals surface area contributed by atoms with Crippen molar-refractivity contribution in [1.29, 1.82) is 0 Å². The standard InChI is InChI=1S/C13H20N2O2/c1-3-10(2)15-9-11(16)14-13(12(15)17)7-5-4-6-8-13/h3,10H,1,4-9H2,2H3,(H,14,16). The van der Waals surface area contributed by atoms with E-state index in [1.54, 1.807) is 11.0 Å². The summed E-state index contributed by atoms with van der Waals surface area (Å²) in [4.78, 5) is 25.9. The van der Waals surface area contributed by atoms with Crippen LogP contribution in [0, 0.1) is 0 Å². The number of carbonyl (C=O) groups is 2. The van der Waals surface area contributed by atoms with Gasteiger partial charge in [-0.3, -0.25) is 9.59 Å². The van der Waals surface area contributed by atoms with E-state index in [2.05, 4.69) is 11.9 Å². The van der Waals surface area contributed by atoms with Crippen molar-refractivity contribution in [1.82, 2.24) is 10.2 Å². The van der Waals surface area contributed by atoms with Crippen molar-refractivity contribution >= 4 is 11.8 Å². The van der Waals surface area contributed by atoms with Gasteiger partial charge in [-0.1, -0.05) is 25.3 Å². The van der Waals surface area contributed by atoms with E-state index < -0.39 is 5.54 Å². The van der Waals surface area contributed by atoms with Crippen LogP contribution in [0.25, 0.3) is 0 Å². The molecule has 1 aliphatic carbocycles. The summed E-state index contributed by atoms with van der Waals surface area (Å²) in [5, 5.41) is 2.93. The average molecular weight is 236 g/mol. The Kier molecular flexibility index (Phi) is 3.22. The molecule has 2 fully saturated rings. The third-order valence-electron chi connectivity index (χ3n) is 3.90. The van der Waals surface area contributed by atoms with Crippen LogP contribution in [0.3, 0.4) is 0 Å². The van der Waals surface area contributed by atoms with Gasteiger partial charge in [0.1, 0.15) is 12.1 Å². The molecule has 1 aliphatic heterocycles. The minimum Gasteiger partial charge on any atom is -0.340 e. The smallest absolute Gasteiger partial charge is 0.249 e. The van der Waals surface area contributed by atoms with Crippen LogP contribution >= 0.6 is 0 Å². The van der Waals surface area contributed by atoms with Crippen LogP contribution in [0.4, 0.5) is 0 Å². The minimum atomic E-state index is -0.620. The first-order chi connectivity index (χ1) is 8.09. The second-order valence-corrected chi connectivity index (χ2v) is 5.10. The zero-order valence-electron chi connectivity index (χ0n) is 10.4. The maximum Gasteiger partial charge on any atom is 0.249 e. The van der Waals surface area contributed by atoms with E-state index in [0.29, 0.717) is 0 Å². The van der Waals surface area contributed by atoms with Crippen molar-refractivity contribution in [3.63, 3.8) is 0 Å². The zero-order valence-corrected chi connectivity index (χ0v) is 10.4. The molecule has 2 rings (SSSR count). The van der Waals surface area contributed by atoms with Gasteiger partial charge in [-0.05, 0) is 19.8 Å². The molecule has 1 saturated carbocycles. The van der Waals surface area contributed by atoms with Gasteiger partial charge in [0.15, 0.2) is 0 Å². The number of piperazine rings is 1. The SMILES string of the molecule is C=CC(C)N1CC(=O)NC2(CCCCC2)C1=O. The Labute approximate surface area is 102 Å². The van der Waals surface area contributed by atoms with Crippen LogP contribution in [0.15, 0.2) is 12.7 Å². The molecule has 17 heavy (non-hydrogen) atoms. The Bertz CT molecular complexity index is 345. The largest absolute Gasteiger partial charge is 0.340 e. The van der Waals surface area contributed by atoms with Gasteiger partial charge in [0.05, 0.1) is 0 Å². The lowest BCUT2D eigenvalue weighted by Crippen LogP contribution is -2.68. The molecule has 0 radical (unpaired) electrons. The summed E-state index contributed by atoms with van der Waals surface area (Å²) in [5.74, 6) is 0.0319. The van der Waals surface area contributed by atoms with Gasteiger partial charge in [-0.25, -0.2) is 0 Å². The van der Waals surface area contributed by atoms with Crippen molar-refractivity contribution < 1.29 is 9.59 Å². The summed E-state index contributed by atoms with van der Waals surface area (Å²) in [6.45, 7) is 5.77. The highest BCUT2D eigenvalue weighted by Crippen LogP contribution is 2.32. The fourth-order valence-corrected chi connectivity index (χ4v) is 2.81. The molecule has 2 amide bonds. The maximum atomic E-state index is 12.5. The molecule has 1 N–H and O–H groups in total. The molecule has 4 nitrogen and oxygen atoms in total. The van der Waals surface area contributed by atoms with Gasteiger partial charge < -0.3 is 10.2 Å². The number of hydrogen-bond donors (Lipinski definition) is 1. The van der Waals surface area contributed by atoms with E-state index in [1.807, 2.05) is 6.92 Å². The first kappa shape index (κ1) is 12.1. The third-order valence-corrected chi connectivity index (χ3v) is 3.90. The molecule has 1 unspecified atom stereocenters. The fourth-order valence-electron chi connectivity index (χ4n) is 2.81. The van der Waals surface area contributed by atoms with Crippen LogP contribution in [0.2, 0.25) is 0 Å². The lowest BCUT2D eigenvalue weighted by atomic mass is 9.79. The third kappa shape index (κ3) is 2.08. The molecule has 1 saturated heterocycles. The molecule has 0 bridgehead atoms. The highest BCUT2D eigenvalue weighted by atomic mass is 16.2. The molecule has 0 aromatic heterocycles. The Hall–Kier alpha value is -1.32. The van der Waals surface area contributed by atoms with Gasteiger partial charge in [-0.2, -0.15) is 0 Å². The topological polar surface area (TPSA) is 49.4 Å². The first-order valence-electron chi connectivity index (χ1n) is 6.34. The molecule has 0 aromatic rings. The van der Waals surface area contributed by atoms with Crippen molar-refractivity contribution in [2.45, 2.75) is 50.6 Å². The van der Waals surface area contributed by atoms with Crippen LogP contribution < -0.4 is 5.32 Å². The quantitative estimate of drug-likeness (QED) is 0.733. The molecular formula is C13H20N2O2. The summed E-state index contributed by atoms with van der Waals surface area (Å²) in [7, 11) is 0. The number of nitrogens with zero attached hydrogens (tertiary/aromatic N) is 1. The Morgan fingerprint density at radius 1 is 1.35 bits per heavy atom. The van der Waals surface area contributed by atoms with E-state index in [9.17, 15) is 9.59 Å². The number of rotatable bonds is 2. The molecule has 1 atom stereocenters. The predicted octanol–water partition coefficient (Wildman–Crippen LogP) is 1.22. The second-order valence-electron chi connectivity index (χ2n) is 5.10. The van der Waals surface area contributed by atoms with E-state index in [0.717, 1.165) is 32.1 Å². The first-order valence-corrected chi connectivity index (χ1v) is 6.34. The van der Waals surface area contributed by atoms with Crippen molar-refractivity contribution in [2.24, 2.45) is 0 Å². The number of hydrogen-bond acceptors (Lipinski definition) is 2. The van der Waals surface area contributed by atoms with Crippen LogP contribution in [0.1, 0.15) is 39.0 Å². The molecule has 1 spiro atoms. The Morgan fingerprint density at radius 3 is 2.59 bits per heavy atom. The van der Waals surface area contributed by atoms with Crippen LogP contribution in [0.5, 0.6) is 0 Å². The monoisotopic (exact) mass is 236 g/mol. The molecule has 2 aliphatic rings. The molecular weight excluding hydrogens is 216 g/mol. The zero-order chi connectivity index (χ0) is 12.5. The van der Waals surface area contributed by atoms with Crippen LogP contribution in [-0.4, -0.2) is 34.8 Å². The second kappa shape index (κ2) is 4.51. The van der Waals surface area contributed by atoms with E-state index >= 15 is 0 Å². The van der Waals surface area contributed by atoms with E-state index in [-0.39, 0.29) is 24.4 Å². The normalized spacial score (nSPS) is 25.6. The maximum absolute atomic E-state index is 12.5. The van der Waals surface area contributed by atoms with Crippen molar-refractivity contribution in [3.05, 3.63) is 12.7 Å². The lowest BCUT2D eigenvalue weighted by Gasteiger charge is -2.45. The van der Waals surface area contributed by atoms with Gasteiger partial charge in [0.2, 0.25) is 11.8 Å².